The van der Waals surface area contributed by atoms with Gasteiger partial charge in [0.25, 0.3) is 0 Å². The smallest absolute Gasteiger partial charge is 0.245 e. The molecule has 2 N–H and O–H groups in total. The number of hydrogen-bond donors (Lipinski definition) is 1. The molecule has 102 valence electrons. The highest BCUT2D eigenvalue weighted by Crippen LogP contribution is 2.36. The molecule has 0 saturated carbocycles. The molecule has 0 radical (unpaired) electrons. The van der Waals surface area contributed by atoms with Crippen LogP contribution in [0.2, 0.25) is 8.67 Å². The first-order valence-electron chi connectivity index (χ1n) is 5.53. The van der Waals surface area contributed by atoms with Crippen LogP contribution in [-0.2, 0) is 10.0 Å². The number of nitrogens with two attached hydrogens (primary N) is 1. The second-order valence-electron chi connectivity index (χ2n) is 4.48. The Balaban J connectivity index is 2.29. The van der Waals surface area contributed by atoms with Gasteiger partial charge in [-0.2, -0.15) is 4.31 Å². The highest BCUT2D eigenvalue weighted by atomic mass is 35.5. The van der Waals surface area contributed by atoms with Gasteiger partial charge < -0.3 is 5.73 Å². The average molecular weight is 329 g/mol. The predicted molar refractivity (Wildman–Crippen MR) is 74.9 cm³/mol. The number of piperidine rings is 1. The summed E-state index contributed by atoms with van der Waals surface area (Å²) in [7, 11) is -3.58. The SMILES string of the molecule is CC1CCN(S(=O)(=O)c2cc(Cl)sc2Cl)CC1N. The van der Waals surface area contributed by atoms with Crippen molar-refractivity contribution in [1.29, 1.82) is 0 Å². The number of nitrogens with zero attached hydrogens (tertiary/aromatic N) is 1. The molecule has 0 aromatic carbocycles. The van der Waals surface area contributed by atoms with Crippen molar-refractivity contribution in [3.05, 3.63) is 14.7 Å². The van der Waals surface area contributed by atoms with Crippen LogP contribution < -0.4 is 5.73 Å². The molecule has 0 spiro atoms. The zero-order chi connectivity index (χ0) is 13.5. The quantitative estimate of drug-likeness (QED) is 0.906. The standard InChI is InChI=1S/C10H14Cl2N2O2S2/c1-6-2-3-14(5-7(6)13)18(15,16)8-4-9(11)17-10(8)12/h4,6-7H,2-3,5,13H2,1H3. The lowest BCUT2D eigenvalue weighted by Crippen LogP contribution is -2.49. The van der Waals surface area contributed by atoms with E-state index < -0.39 is 10.0 Å². The molecule has 8 heteroatoms. The van der Waals surface area contributed by atoms with Gasteiger partial charge in [-0.1, -0.05) is 30.1 Å². The lowest BCUT2D eigenvalue weighted by atomic mass is 9.96. The third-order valence-corrected chi connectivity index (χ3v) is 6.84. The summed E-state index contributed by atoms with van der Waals surface area (Å²) in [5.41, 5.74) is 5.92. The molecule has 2 rings (SSSR count). The van der Waals surface area contributed by atoms with Crippen molar-refractivity contribution >= 4 is 44.6 Å². The first-order valence-corrected chi connectivity index (χ1v) is 8.54. The monoisotopic (exact) mass is 328 g/mol. The van der Waals surface area contributed by atoms with Gasteiger partial charge in [0.05, 0.1) is 4.34 Å². The van der Waals surface area contributed by atoms with E-state index in [4.69, 9.17) is 28.9 Å². The van der Waals surface area contributed by atoms with Gasteiger partial charge >= 0.3 is 0 Å². The fraction of sp³-hybridized carbons (Fsp3) is 0.600. The van der Waals surface area contributed by atoms with Crippen molar-refractivity contribution in [2.75, 3.05) is 13.1 Å². The summed E-state index contributed by atoms with van der Waals surface area (Å²) in [5, 5.41) is 0. The minimum Gasteiger partial charge on any atom is -0.326 e. The van der Waals surface area contributed by atoms with Crippen molar-refractivity contribution in [2.24, 2.45) is 11.7 Å². The van der Waals surface area contributed by atoms with Gasteiger partial charge in [-0.15, -0.1) is 11.3 Å². The number of halogens is 2. The molecule has 1 fully saturated rings. The van der Waals surface area contributed by atoms with E-state index in [2.05, 4.69) is 0 Å². The predicted octanol–water partition coefficient (Wildman–Crippen LogP) is 2.41. The number of hydrogen-bond acceptors (Lipinski definition) is 4. The van der Waals surface area contributed by atoms with Gasteiger partial charge in [0, 0.05) is 19.1 Å². The fourth-order valence-electron chi connectivity index (χ4n) is 1.93. The molecule has 2 heterocycles. The Morgan fingerprint density at radius 1 is 1.50 bits per heavy atom. The summed E-state index contributed by atoms with van der Waals surface area (Å²) in [6.07, 6.45) is 0.760. The molecule has 4 nitrogen and oxygen atoms in total. The molecule has 0 amide bonds. The Hall–Kier alpha value is 0.150. The van der Waals surface area contributed by atoms with E-state index >= 15 is 0 Å². The number of rotatable bonds is 2. The topological polar surface area (TPSA) is 63.4 Å². The first-order chi connectivity index (χ1) is 8.32. The lowest BCUT2D eigenvalue weighted by molar-refractivity contribution is 0.253. The Labute approximate surface area is 121 Å². The summed E-state index contributed by atoms with van der Waals surface area (Å²) >= 11 is 12.8. The minimum absolute atomic E-state index is 0.0842. The van der Waals surface area contributed by atoms with Crippen molar-refractivity contribution < 1.29 is 8.42 Å². The van der Waals surface area contributed by atoms with Crippen LogP contribution in [0.5, 0.6) is 0 Å². The summed E-state index contributed by atoms with van der Waals surface area (Å²) in [5.74, 6) is 0.331. The molecule has 1 aliphatic heterocycles. The molecule has 2 atom stereocenters. The zero-order valence-electron chi connectivity index (χ0n) is 9.77. The third-order valence-electron chi connectivity index (χ3n) is 3.22. The zero-order valence-corrected chi connectivity index (χ0v) is 12.9. The summed E-state index contributed by atoms with van der Waals surface area (Å²) in [4.78, 5) is 0.0842. The highest BCUT2D eigenvalue weighted by Gasteiger charge is 2.34. The van der Waals surface area contributed by atoms with Crippen molar-refractivity contribution in [2.45, 2.75) is 24.3 Å². The molecule has 2 unspecified atom stereocenters. The molecule has 18 heavy (non-hydrogen) atoms. The van der Waals surface area contributed by atoms with Crippen LogP contribution in [0, 0.1) is 5.92 Å². The van der Waals surface area contributed by atoms with E-state index in [0.29, 0.717) is 23.3 Å². The van der Waals surface area contributed by atoms with Gasteiger partial charge in [0.1, 0.15) is 9.23 Å². The Kier molecular flexibility index (Phi) is 4.26. The fourth-order valence-corrected chi connectivity index (χ4v) is 5.53. The molecule has 1 saturated heterocycles. The van der Waals surface area contributed by atoms with E-state index in [9.17, 15) is 8.42 Å². The maximum absolute atomic E-state index is 12.4. The average Bonchev–Trinajstić information content (AvgIpc) is 2.62. The second-order valence-corrected chi connectivity index (χ2v) is 8.67. The van der Waals surface area contributed by atoms with E-state index in [-0.39, 0.29) is 15.3 Å². The largest absolute Gasteiger partial charge is 0.326 e. The van der Waals surface area contributed by atoms with Crippen LogP contribution in [0.3, 0.4) is 0 Å². The van der Waals surface area contributed by atoms with Crippen molar-refractivity contribution in [3.63, 3.8) is 0 Å². The number of thiophene rings is 1. The Bertz CT molecular complexity index is 544. The summed E-state index contributed by atoms with van der Waals surface area (Å²) in [6, 6.07) is 1.26. The van der Waals surface area contributed by atoms with Crippen LogP contribution in [-0.4, -0.2) is 31.9 Å². The molecular formula is C10H14Cl2N2O2S2. The maximum Gasteiger partial charge on any atom is 0.245 e. The van der Waals surface area contributed by atoms with Gasteiger partial charge in [-0.25, -0.2) is 8.42 Å². The van der Waals surface area contributed by atoms with Crippen molar-refractivity contribution in [3.8, 4) is 0 Å². The van der Waals surface area contributed by atoms with Crippen LogP contribution in [0.15, 0.2) is 11.0 Å². The molecular weight excluding hydrogens is 315 g/mol. The highest BCUT2D eigenvalue weighted by molar-refractivity contribution is 7.89. The normalized spacial score (nSPS) is 26.4. The van der Waals surface area contributed by atoms with Crippen molar-refractivity contribution in [1.82, 2.24) is 4.31 Å². The van der Waals surface area contributed by atoms with Crippen LogP contribution >= 0.6 is 34.5 Å². The summed E-state index contributed by atoms with van der Waals surface area (Å²) in [6.45, 7) is 2.83. The lowest BCUT2D eigenvalue weighted by Gasteiger charge is -2.34. The van der Waals surface area contributed by atoms with E-state index in [1.54, 1.807) is 0 Å². The third kappa shape index (κ3) is 2.69. The molecule has 0 bridgehead atoms. The van der Waals surface area contributed by atoms with E-state index in [1.165, 1.54) is 10.4 Å². The second kappa shape index (κ2) is 5.26. The van der Waals surface area contributed by atoms with Gasteiger partial charge in [-0.05, 0) is 18.4 Å². The van der Waals surface area contributed by atoms with Crippen LogP contribution in [0.1, 0.15) is 13.3 Å². The molecule has 1 aromatic heterocycles. The summed E-state index contributed by atoms with van der Waals surface area (Å²) < 4.78 is 26.8. The molecule has 1 aliphatic rings. The molecule has 1 aromatic rings. The number of sulfonamides is 1. The minimum atomic E-state index is -3.58. The molecule has 0 aliphatic carbocycles. The maximum atomic E-state index is 12.4. The Morgan fingerprint density at radius 3 is 2.67 bits per heavy atom. The van der Waals surface area contributed by atoms with Crippen LogP contribution in [0.25, 0.3) is 0 Å². The van der Waals surface area contributed by atoms with Gasteiger partial charge in [0.2, 0.25) is 10.0 Å². The van der Waals surface area contributed by atoms with E-state index in [1.807, 2.05) is 6.92 Å². The van der Waals surface area contributed by atoms with Crippen LogP contribution in [0.4, 0.5) is 0 Å². The van der Waals surface area contributed by atoms with Gasteiger partial charge in [-0.3, -0.25) is 0 Å². The van der Waals surface area contributed by atoms with E-state index in [0.717, 1.165) is 17.8 Å². The first kappa shape index (κ1) is 14.6. The Morgan fingerprint density at radius 2 is 2.17 bits per heavy atom. The van der Waals surface area contributed by atoms with Gasteiger partial charge in [0.15, 0.2) is 0 Å².